The number of carbonyl (C=O) groups is 2. The van der Waals surface area contributed by atoms with Crippen LogP contribution < -0.4 is 5.32 Å². The molecule has 0 aromatic heterocycles. The number of hydrogen-bond donors (Lipinski definition) is 2. The fourth-order valence-electron chi connectivity index (χ4n) is 3.96. The molecule has 1 aliphatic heterocycles. The summed E-state index contributed by atoms with van der Waals surface area (Å²) in [5.74, 6) is -1.09. The van der Waals surface area contributed by atoms with Crippen LogP contribution in [0.4, 0.5) is 9.18 Å². The number of thioether (sulfide) groups is 1. The number of carbonyl (C=O) groups excluding carboxylic acids is 1. The van der Waals surface area contributed by atoms with Crippen LogP contribution in [0.15, 0.2) is 23.1 Å². The van der Waals surface area contributed by atoms with E-state index in [9.17, 15) is 19.1 Å². The Kier molecular flexibility index (Phi) is 4.71. The van der Waals surface area contributed by atoms with Crippen molar-refractivity contribution in [3.63, 3.8) is 0 Å². The fraction of sp³-hybridized carbons (Fsp3) is 0.529. The van der Waals surface area contributed by atoms with Crippen LogP contribution in [0.25, 0.3) is 0 Å². The van der Waals surface area contributed by atoms with Crippen molar-refractivity contribution in [2.75, 3.05) is 19.3 Å². The highest BCUT2D eigenvalue weighted by Crippen LogP contribution is 2.48. The molecule has 2 amide bonds. The van der Waals surface area contributed by atoms with Gasteiger partial charge in [0.1, 0.15) is 5.82 Å². The van der Waals surface area contributed by atoms with E-state index in [4.69, 9.17) is 0 Å². The van der Waals surface area contributed by atoms with Gasteiger partial charge >= 0.3 is 12.0 Å². The maximum absolute atomic E-state index is 13.4. The Bertz CT molecular complexity index is 669. The van der Waals surface area contributed by atoms with Crippen LogP contribution in [0.5, 0.6) is 0 Å². The van der Waals surface area contributed by atoms with Gasteiger partial charge < -0.3 is 15.3 Å². The average Bonchev–Trinajstić information content (AvgIpc) is 3.11. The molecular weight excluding hydrogens is 331 g/mol. The molecule has 1 saturated carbocycles. The lowest BCUT2D eigenvalue weighted by Gasteiger charge is -2.23. The summed E-state index contributed by atoms with van der Waals surface area (Å²) < 4.78 is 13.4. The van der Waals surface area contributed by atoms with E-state index in [0.717, 1.165) is 23.3 Å². The molecule has 3 rings (SSSR count). The number of aliphatic carboxylic acids is 1. The Morgan fingerprint density at radius 3 is 2.96 bits per heavy atom. The fourth-order valence-corrected chi connectivity index (χ4v) is 4.56. The highest BCUT2D eigenvalue weighted by Gasteiger charge is 2.55. The molecule has 1 saturated heterocycles. The minimum absolute atomic E-state index is 0.0386. The molecule has 24 heavy (non-hydrogen) atoms. The molecule has 2 aliphatic rings. The minimum atomic E-state index is -0.796. The van der Waals surface area contributed by atoms with Crippen molar-refractivity contribution < 1.29 is 19.1 Å². The molecule has 1 heterocycles. The summed E-state index contributed by atoms with van der Waals surface area (Å²) in [4.78, 5) is 26.6. The second-order valence-corrected chi connectivity index (χ2v) is 7.39. The Morgan fingerprint density at radius 2 is 2.29 bits per heavy atom. The zero-order chi connectivity index (χ0) is 17.3. The van der Waals surface area contributed by atoms with E-state index in [1.54, 1.807) is 11.0 Å². The number of nitrogens with zero attached hydrogens (tertiary/aromatic N) is 1. The van der Waals surface area contributed by atoms with Gasteiger partial charge in [-0.05, 0) is 48.8 Å². The second kappa shape index (κ2) is 6.63. The molecule has 1 aromatic carbocycles. The van der Waals surface area contributed by atoms with Crippen LogP contribution in [0.1, 0.15) is 24.8 Å². The zero-order valence-corrected chi connectivity index (χ0v) is 14.4. The molecule has 0 unspecified atom stereocenters. The molecule has 130 valence electrons. The lowest BCUT2D eigenvalue weighted by molar-refractivity contribution is -0.149. The second-order valence-electron chi connectivity index (χ2n) is 6.55. The molecule has 5 nitrogen and oxygen atoms in total. The summed E-state index contributed by atoms with van der Waals surface area (Å²) in [7, 11) is 0. The maximum Gasteiger partial charge on any atom is 0.317 e. The van der Waals surface area contributed by atoms with Gasteiger partial charge in [-0.25, -0.2) is 9.18 Å². The van der Waals surface area contributed by atoms with Crippen LogP contribution >= 0.6 is 11.8 Å². The first-order chi connectivity index (χ1) is 11.5. The average molecular weight is 352 g/mol. The maximum atomic E-state index is 13.4. The van der Waals surface area contributed by atoms with Crippen molar-refractivity contribution in [1.29, 1.82) is 0 Å². The summed E-state index contributed by atoms with van der Waals surface area (Å²) in [5.41, 5.74) is -0.0520. The lowest BCUT2D eigenvalue weighted by Crippen LogP contribution is -2.41. The number of urea groups is 1. The predicted molar refractivity (Wildman–Crippen MR) is 89.4 cm³/mol. The zero-order valence-electron chi connectivity index (χ0n) is 13.5. The summed E-state index contributed by atoms with van der Waals surface area (Å²) in [6, 6.07) is 4.24. The van der Waals surface area contributed by atoms with Gasteiger partial charge in [0.2, 0.25) is 0 Å². The Morgan fingerprint density at radius 1 is 1.50 bits per heavy atom. The van der Waals surface area contributed by atoms with Crippen LogP contribution in [-0.4, -0.2) is 41.4 Å². The van der Waals surface area contributed by atoms with Gasteiger partial charge in [-0.15, -0.1) is 11.8 Å². The smallest absolute Gasteiger partial charge is 0.317 e. The SMILES string of the molecule is CSc1ccc(F)cc1CNC(=O)N1C[C@@H]2CCC[C@@]2(C(=O)O)C1. The largest absolute Gasteiger partial charge is 0.481 e. The van der Waals surface area contributed by atoms with Crippen molar-refractivity contribution >= 4 is 23.8 Å². The standard InChI is InChI=1S/C17H21FN2O3S/c1-24-14-5-4-13(18)7-11(14)8-19-16(23)20-9-12-3-2-6-17(12,10-20)15(21)22/h4-5,7,12H,2-3,6,8-10H2,1H3,(H,19,23)(H,21,22)/t12-,17+/m0/s1. The Balaban J connectivity index is 1.65. The summed E-state index contributed by atoms with van der Waals surface area (Å²) >= 11 is 1.50. The molecule has 1 aliphatic carbocycles. The molecular formula is C17H21FN2O3S. The lowest BCUT2D eigenvalue weighted by atomic mass is 9.81. The van der Waals surface area contributed by atoms with Crippen LogP contribution in [0.2, 0.25) is 0 Å². The highest BCUT2D eigenvalue weighted by molar-refractivity contribution is 7.98. The van der Waals surface area contributed by atoms with Crippen LogP contribution in [-0.2, 0) is 11.3 Å². The number of fused-ring (bicyclic) bond motifs is 1. The van der Waals surface area contributed by atoms with Crippen molar-refractivity contribution in [3.05, 3.63) is 29.6 Å². The first-order valence-electron chi connectivity index (χ1n) is 8.05. The van der Waals surface area contributed by atoms with E-state index in [-0.39, 0.29) is 30.9 Å². The van der Waals surface area contributed by atoms with Gasteiger partial charge in [0.15, 0.2) is 0 Å². The van der Waals surface area contributed by atoms with Gasteiger partial charge in [0.25, 0.3) is 0 Å². The third-order valence-electron chi connectivity index (χ3n) is 5.26. The van der Waals surface area contributed by atoms with Gasteiger partial charge in [-0.1, -0.05) is 6.42 Å². The van der Waals surface area contributed by atoms with E-state index < -0.39 is 11.4 Å². The monoisotopic (exact) mass is 352 g/mol. The number of halogens is 1. The van der Waals surface area contributed by atoms with Gasteiger partial charge in [-0.3, -0.25) is 4.79 Å². The van der Waals surface area contributed by atoms with Crippen LogP contribution in [0.3, 0.4) is 0 Å². The predicted octanol–water partition coefficient (Wildman–Crippen LogP) is 2.94. The molecule has 1 aromatic rings. The number of hydrogen-bond acceptors (Lipinski definition) is 3. The third-order valence-corrected chi connectivity index (χ3v) is 6.09. The number of amides is 2. The summed E-state index contributed by atoms with van der Waals surface area (Å²) in [5, 5.41) is 12.4. The third kappa shape index (κ3) is 2.97. The Hall–Kier alpha value is -1.76. The van der Waals surface area contributed by atoms with Crippen molar-refractivity contribution in [2.24, 2.45) is 11.3 Å². The summed E-state index contributed by atoms with van der Waals surface area (Å²) in [6.45, 7) is 0.974. The van der Waals surface area contributed by atoms with Gasteiger partial charge in [0, 0.05) is 24.5 Å². The van der Waals surface area contributed by atoms with Crippen molar-refractivity contribution in [1.82, 2.24) is 10.2 Å². The minimum Gasteiger partial charge on any atom is -0.481 e. The van der Waals surface area contributed by atoms with Crippen molar-refractivity contribution in [2.45, 2.75) is 30.7 Å². The highest BCUT2D eigenvalue weighted by atomic mass is 32.2. The molecule has 7 heteroatoms. The number of nitrogens with one attached hydrogen (secondary N) is 1. The van der Waals surface area contributed by atoms with E-state index in [1.165, 1.54) is 23.9 Å². The molecule has 0 bridgehead atoms. The topological polar surface area (TPSA) is 69.6 Å². The molecule has 0 radical (unpaired) electrons. The molecule has 2 N–H and O–H groups in total. The molecule has 0 spiro atoms. The van der Waals surface area contributed by atoms with E-state index in [1.807, 2.05) is 6.26 Å². The number of benzene rings is 1. The number of rotatable bonds is 4. The number of carboxylic acid groups (broad SMARTS) is 1. The number of carboxylic acids is 1. The summed E-state index contributed by atoms with van der Waals surface area (Å²) in [6.07, 6.45) is 4.30. The number of likely N-dealkylation sites (tertiary alicyclic amines) is 1. The van der Waals surface area contributed by atoms with E-state index in [2.05, 4.69) is 5.32 Å². The molecule has 2 atom stereocenters. The van der Waals surface area contributed by atoms with E-state index >= 15 is 0 Å². The Labute approximate surface area is 144 Å². The van der Waals surface area contributed by atoms with Crippen LogP contribution in [0, 0.1) is 17.2 Å². The van der Waals surface area contributed by atoms with E-state index in [0.29, 0.717) is 13.0 Å². The van der Waals surface area contributed by atoms with Gasteiger partial charge in [-0.2, -0.15) is 0 Å². The normalized spacial score (nSPS) is 25.6. The van der Waals surface area contributed by atoms with Crippen molar-refractivity contribution in [3.8, 4) is 0 Å². The first-order valence-corrected chi connectivity index (χ1v) is 9.27. The quantitative estimate of drug-likeness (QED) is 0.818. The first kappa shape index (κ1) is 17.1. The van der Waals surface area contributed by atoms with Gasteiger partial charge in [0.05, 0.1) is 5.41 Å². The molecule has 2 fully saturated rings.